The summed E-state index contributed by atoms with van der Waals surface area (Å²) < 4.78 is 19.7. The summed E-state index contributed by atoms with van der Waals surface area (Å²) in [5.41, 5.74) is 0.574. The molecular formula is C16H11FN4O2S2. The minimum atomic E-state index is -0.324. The maximum atomic E-state index is 13.0. The Bertz CT molecular complexity index is 1100. The van der Waals surface area contributed by atoms with Gasteiger partial charge in [0.05, 0.1) is 11.1 Å². The van der Waals surface area contributed by atoms with Crippen LogP contribution in [0.2, 0.25) is 0 Å². The Hall–Kier alpha value is -2.52. The van der Waals surface area contributed by atoms with Gasteiger partial charge in [-0.25, -0.2) is 9.37 Å². The number of rotatable bonds is 4. The van der Waals surface area contributed by atoms with Crippen molar-refractivity contribution in [1.82, 2.24) is 19.7 Å². The summed E-state index contributed by atoms with van der Waals surface area (Å²) in [6.07, 6.45) is 0. The largest absolute Gasteiger partial charge is 0.334 e. The molecule has 0 amide bonds. The molecule has 0 saturated heterocycles. The molecule has 9 heteroatoms. The Labute approximate surface area is 149 Å². The first-order valence-corrected chi connectivity index (χ1v) is 9.14. The van der Waals surface area contributed by atoms with Gasteiger partial charge in [0, 0.05) is 12.6 Å². The molecule has 4 rings (SSSR count). The number of thioether (sulfide) groups is 1. The monoisotopic (exact) mass is 374 g/mol. The number of fused-ring (bicyclic) bond motifs is 1. The second kappa shape index (κ2) is 6.41. The summed E-state index contributed by atoms with van der Waals surface area (Å²) >= 11 is 2.79. The van der Waals surface area contributed by atoms with E-state index in [-0.39, 0.29) is 11.4 Å². The van der Waals surface area contributed by atoms with Gasteiger partial charge in [0.15, 0.2) is 11.0 Å². The van der Waals surface area contributed by atoms with Gasteiger partial charge >= 0.3 is 0 Å². The molecule has 0 spiro atoms. The molecule has 1 aromatic carbocycles. The summed E-state index contributed by atoms with van der Waals surface area (Å²) in [6.45, 7) is 0. The second-order valence-corrected chi connectivity index (χ2v) is 7.05. The highest BCUT2D eigenvalue weighted by atomic mass is 32.2. The van der Waals surface area contributed by atoms with Crippen LogP contribution in [-0.2, 0) is 12.8 Å². The van der Waals surface area contributed by atoms with Gasteiger partial charge in [-0.05, 0) is 35.7 Å². The van der Waals surface area contributed by atoms with Crippen molar-refractivity contribution in [1.29, 1.82) is 0 Å². The van der Waals surface area contributed by atoms with Gasteiger partial charge in [0.2, 0.25) is 0 Å². The standard InChI is InChI=1S/C16H11FN4O2S2/c1-21-15(22)11-6-7-24-14(11)19-16(21)25-8-12-18-13(23-20-12)9-2-4-10(17)5-3-9/h2-7H,8H2,1H3. The Kier molecular flexibility index (Phi) is 4.10. The predicted octanol–water partition coefficient (Wildman–Crippen LogP) is 3.48. The Morgan fingerprint density at radius 1 is 1.24 bits per heavy atom. The van der Waals surface area contributed by atoms with Crippen molar-refractivity contribution in [2.75, 3.05) is 0 Å². The first-order valence-electron chi connectivity index (χ1n) is 7.27. The zero-order valence-electron chi connectivity index (χ0n) is 13.0. The lowest BCUT2D eigenvalue weighted by atomic mass is 10.2. The molecule has 3 heterocycles. The molecule has 0 fully saturated rings. The average molecular weight is 374 g/mol. The quantitative estimate of drug-likeness (QED) is 0.402. The molecule has 0 aliphatic heterocycles. The number of benzene rings is 1. The third kappa shape index (κ3) is 3.08. The minimum absolute atomic E-state index is 0.0751. The molecule has 3 aromatic heterocycles. The molecule has 0 saturated carbocycles. The Morgan fingerprint density at radius 2 is 2.04 bits per heavy atom. The fourth-order valence-electron chi connectivity index (χ4n) is 2.26. The van der Waals surface area contributed by atoms with Crippen LogP contribution in [0.3, 0.4) is 0 Å². The van der Waals surface area contributed by atoms with Gasteiger partial charge in [-0.15, -0.1) is 11.3 Å². The lowest BCUT2D eigenvalue weighted by Gasteiger charge is -2.05. The van der Waals surface area contributed by atoms with Gasteiger partial charge in [0.25, 0.3) is 11.4 Å². The first kappa shape index (κ1) is 16.0. The molecule has 0 aliphatic rings. The topological polar surface area (TPSA) is 73.8 Å². The van der Waals surface area contributed by atoms with Crippen LogP contribution in [-0.4, -0.2) is 19.7 Å². The van der Waals surface area contributed by atoms with Gasteiger partial charge in [0.1, 0.15) is 10.6 Å². The zero-order chi connectivity index (χ0) is 17.4. The highest BCUT2D eigenvalue weighted by molar-refractivity contribution is 7.98. The molecule has 0 N–H and O–H groups in total. The highest BCUT2D eigenvalue weighted by Gasteiger charge is 2.13. The van der Waals surface area contributed by atoms with Gasteiger partial charge < -0.3 is 4.52 Å². The molecule has 25 heavy (non-hydrogen) atoms. The summed E-state index contributed by atoms with van der Waals surface area (Å²) in [5.74, 6) is 0.882. The van der Waals surface area contributed by atoms with E-state index < -0.39 is 0 Å². The van der Waals surface area contributed by atoms with Crippen molar-refractivity contribution in [3.05, 3.63) is 57.7 Å². The van der Waals surface area contributed by atoms with Crippen molar-refractivity contribution in [2.45, 2.75) is 10.9 Å². The van der Waals surface area contributed by atoms with E-state index in [0.717, 1.165) is 0 Å². The highest BCUT2D eigenvalue weighted by Crippen LogP contribution is 2.24. The van der Waals surface area contributed by atoms with E-state index in [2.05, 4.69) is 15.1 Å². The van der Waals surface area contributed by atoms with E-state index in [9.17, 15) is 9.18 Å². The third-order valence-corrected chi connectivity index (χ3v) is 5.39. The smallest absolute Gasteiger partial charge is 0.262 e. The average Bonchev–Trinajstić information content (AvgIpc) is 3.27. The molecular weight excluding hydrogens is 363 g/mol. The summed E-state index contributed by atoms with van der Waals surface area (Å²) in [6, 6.07) is 7.61. The van der Waals surface area contributed by atoms with Gasteiger partial charge in [-0.2, -0.15) is 4.98 Å². The molecule has 4 aromatic rings. The number of nitrogens with zero attached hydrogens (tertiary/aromatic N) is 4. The van der Waals surface area contributed by atoms with Crippen LogP contribution in [0.25, 0.3) is 21.7 Å². The van der Waals surface area contributed by atoms with E-state index in [1.54, 1.807) is 25.2 Å². The Morgan fingerprint density at radius 3 is 2.84 bits per heavy atom. The molecule has 0 bridgehead atoms. The van der Waals surface area contributed by atoms with Crippen LogP contribution in [0.5, 0.6) is 0 Å². The lowest BCUT2D eigenvalue weighted by Crippen LogP contribution is -2.19. The number of aromatic nitrogens is 4. The molecule has 0 unspecified atom stereocenters. The van der Waals surface area contributed by atoms with Crippen LogP contribution in [0.1, 0.15) is 5.82 Å². The maximum Gasteiger partial charge on any atom is 0.262 e. The maximum absolute atomic E-state index is 13.0. The Balaban J connectivity index is 1.55. The summed E-state index contributed by atoms with van der Waals surface area (Å²) in [4.78, 5) is 21.8. The van der Waals surface area contributed by atoms with Crippen molar-refractivity contribution < 1.29 is 8.91 Å². The van der Waals surface area contributed by atoms with Crippen LogP contribution in [0, 0.1) is 5.82 Å². The SMILES string of the molecule is Cn1c(SCc2noc(-c3ccc(F)cc3)n2)nc2sccc2c1=O. The van der Waals surface area contributed by atoms with Crippen LogP contribution in [0.4, 0.5) is 4.39 Å². The van der Waals surface area contributed by atoms with E-state index >= 15 is 0 Å². The van der Waals surface area contributed by atoms with Crippen molar-refractivity contribution in [2.24, 2.45) is 7.05 Å². The van der Waals surface area contributed by atoms with Crippen LogP contribution < -0.4 is 5.56 Å². The number of hydrogen-bond donors (Lipinski definition) is 0. The van der Waals surface area contributed by atoms with Crippen molar-refractivity contribution in [3.8, 4) is 11.5 Å². The number of halogens is 1. The zero-order valence-corrected chi connectivity index (χ0v) is 14.6. The second-order valence-electron chi connectivity index (χ2n) is 5.21. The van der Waals surface area contributed by atoms with E-state index in [4.69, 9.17) is 4.52 Å². The molecule has 0 aliphatic carbocycles. The third-order valence-electron chi connectivity index (χ3n) is 3.55. The van der Waals surface area contributed by atoms with Crippen LogP contribution in [0.15, 0.2) is 50.2 Å². The number of thiophene rings is 1. The minimum Gasteiger partial charge on any atom is -0.334 e. The number of hydrogen-bond acceptors (Lipinski definition) is 7. The van der Waals surface area contributed by atoms with E-state index in [1.807, 2.05) is 5.38 Å². The fourth-order valence-corrected chi connectivity index (χ4v) is 3.88. The van der Waals surface area contributed by atoms with E-state index in [1.165, 1.54) is 39.8 Å². The molecule has 0 atom stereocenters. The predicted molar refractivity (Wildman–Crippen MR) is 94.1 cm³/mol. The summed E-state index contributed by atoms with van der Waals surface area (Å²) in [7, 11) is 1.69. The molecule has 0 radical (unpaired) electrons. The van der Waals surface area contributed by atoms with E-state index in [0.29, 0.717) is 38.4 Å². The first-order chi connectivity index (χ1) is 12.1. The molecule has 126 valence electrons. The summed E-state index contributed by atoms with van der Waals surface area (Å²) in [5, 5.41) is 6.98. The van der Waals surface area contributed by atoms with Crippen molar-refractivity contribution in [3.63, 3.8) is 0 Å². The van der Waals surface area contributed by atoms with Crippen molar-refractivity contribution >= 4 is 33.3 Å². The molecule has 6 nitrogen and oxygen atoms in total. The fraction of sp³-hybridized carbons (Fsp3) is 0.125. The van der Waals surface area contributed by atoms with Crippen LogP contribution >= 0.6 is 23.1 Å². The van der Waals surface area contributed by atoms with Gasteiger partial charge in [-0.1, -0.05) is 16.9 Å². The van der Waals surface area contributed by atoms with Gasteiger partial charge in [-0.3, -0.25) is 9.36 Å². The lowest BCUT2D eigenvalue weighted by molar-refractivity contribution is 0.425. The normalized spacial score (nSPS) is 11.3.